The van der Waals surface area contributed by atoms with Gasteiger partial charge >= 0.3 is 0 Å². The molecule has 3 N–H and O–H groups in total. The van der Waals surface area contributed by atoms with Crippen LogP contribution >= 0.6 is 23.2 Å². The molecule has 8 heteroatoms. The average molecular weight is 439 g/mol. The van der Waals surface area contributed by atoms with E-state index in [2.05, 4.69) is 10.6 Å². The number of rotatable bonds is 7. The van der Waals surface area contributed by atoms with Crippen molar-refractivity contribution < 1.29 is 19.4 Å². The average Bonchev–Trinajstić information content (AvgIpc) is 2.76. The van der Waals surface area contributed by atoms with Gasteiger partial charge < -0.3 is 25.2 Å². The van der Waals surface area contributed by atoms with Gasteiger partial charge in [-0.25, -0.2) is 0 Å². The van der Waals surface area contributed by atoms with Gasteiger partial charge in [-0.3, -0.25) is 4.79 Å². The summed E-state index contributed by atoms with van der Waals surface area (Å²) in [6, 6.07) is 12.3. The SMILES string of the molecule is CC(CO)(CCl)Oc1ccc(C(=O)Nc2ccc(C3CNCCO3)cc2)cc1Cl. The quantitative estimate of drug-likeness (QED) is 0.575. The molecular weight excluding hydrogens is 415 g/mol. The predicted molar refractivity (Wildman–Crippen MR) is 114 cm³/mol. The van der Waals surface area contributed by atoms with Crippen LogP contribution in [0, 0.1) is 0 Å². The van der Waals surface area contributed by atoms with Crippen molar-refractivity contribution in [3.05, 3.63) is 58.6 Å². The van der Waals surface area contributed by atoms with Crippen LogP contribution in [-0.2, 0) is 4.74 Å². The number of amides is 1. The second-order valence-corrected chi connectivity index (χ2v) is 7.80. The molecule has 1 aliphatic rings. The number of nitrogens with one attached hydrogen (secondary N) is 2. The topological polar surface area (TPSA) is 79.8 Å². The number of carbonyl (C=O) groups excluding carboxylic acids is 1. The summed E-state index contributed by atoms with van der Waals surface area (Å²) >= 11 is 12.1. The summed E-state index contributed by atoms with van der Waals surface area (Å²) in [5, 5.41) is 15.8. The Labute approximate surface area is 180 Å². The largest absolute Gasteiger partial charge is 0.482 e. The number of halogens is 2. The predicted octanol–water partition coefficient (Wildman–Crippen LogP) is 3.62. The van der Waals surface area contributed by atoms with Crippen molar-refractivity contribution in [3.8, 4) is 5.75 Å². The highest BCUT2D eigenvalue weighted by atomic mass is 35.5. The molecule has 0 saturated carbocycles. The van der Waals surface area contributed by atoms with E-state index in [1.807, 2.05) is 24.3 Å². The third-order valence-corrected chi connectivity index (χ3v) is 5.50. The first kappa shape index (κ1) is 21.9. The van der Waals surface area contributed by atoms with Gasteiger partial charge in [-0.2, -0.15) is 0 Å². The summed E-state index contributed by atoms with van der Waals surface area (Å²) in [5.41, 5.74) is 1.18. The van der Waals surface area contributed by atoms with Crippen LogP contribution in [0.2, 0.25) is 5.02 Å². The lowest BCUT2D eigenvalue weighted by Gasteiger charge is -2.26. The Morgan fingerprint density at radius 3 is 2.69 bits per heavy atom. The summed E-state index contributed by atoms with van der Waals surface area (Å²) < 4.78 is 11.4. The molecule has 29 heavy (non-hydrogen) atoms. The van der Waals surface area contributed by atoms with E-state index in [1.54, 1.807) is 19.1 Å². The van der Waals surface area contributed by atoms with Crippen molar-refractivity contribution >= 4 is 34.8 Å². The number of hydrogen-bond acceptors (Lipinski definition) is 5. The van der Waals surface area contributed by atoms with E-state index in [0.29, 0.717) is 23.6 Å². The van der Waals surface area contributed by atoms with Crippen molar-refractivity contribution in [2.75, 3.05) is 37.5 Å². The molecule has 2 atom stereocenters. The molecule has 2 aromatic carbocycles. The summed E-state index contributed by atoms with van der Waals surface area (Å²) in [7, 11) is 0. The van der Waals surface area contributed by atoms with Gasteiger partial charge in [-0.1, -0.05) is 23.7 Å². The van der Waals surface area contributed by atoms with Crippen LogP contribution in [0.25, 0.3) is 0 Å². The maximum atomic E-state index is 12.6. The molecule has 0 radical (unpaired) electrons. The fourth-order valence-electron chi connectivity index (χ4n) is 2.86. The van der Waals surface area contributed by atoms with Crippen LogP contribution in [0.1, 0.15) is 28.9 Å². The van der Waals surface area contributed by atoms with Gasteiger partial charge in [0.15, 0.2) is 0 Å². The van der Waals surface area contributed by atoms with Crippen molar-refractivity contribution in [2.24, 2.45) is 0 Å². The van der Waals surface area contributed by atoms with Gasteiger partial charge in [-0.05, 0) is 42.8 Å². The van der Waals surface area contributed by atoms with E-state index in [4.69, 9.17) is 32.7 Å². The maximum Gasteiger partial charge on any atom is 0.255 e. The molecule has 156 valence electrons. The van der Waals surface area contributed by atoms with Crippen molar-refractivity contribution in [1.82, 2.24) is 5.32 Å². The molecular formula is C21H24Cl2N2O4. The van der Waals surface area contributed by atoms with Gasteiger partial charge in [0.1, 0.15) is 11.4 Å². The van der Waals surface area contributed by atoms with E-state index in [-0.39, 0.29) is 29.5 Å². The molecule has 6 nitrogen and oxygen atoms in total. The highest BCUT2D eigenvalue weighted by molar-refractivity contribution is 6.32. The van der Waals surface area contributed by atoms with Crippen LogP contribution in [0.5, 0.6) is 5.75 Å². The first-order chi connectivity index (χ1) is 13.9. The minimum atomic E-state index is -0.950. The van der Waals surface area contributed by atoms with E-state index in [1.165, 1.54) is 6.07 Å². The normalized spacial score (nSPS) is 18.7. The summed E-state index contributed by atoms with van der Waals surface area (Å²) in [6.07, 6.45) is 0.0254. The number of ether oxygens (including phenoxy) is 2. The van der Waals surface area contributed by atoms with Gasteiger partial charge in [0.05, 0.1) is 30.2 Å². The van der Waals surface area contributed by atoms with Crippen LogP contribution < -0.4 is 15.4 Å². The van der Waals surface area contributed by atoms with E-state index in [9.17, 15) is 9.90 Å². The Hall–Kier alpha value is -1.83. The van der Waals surface area contributed by atoms with Crippen LogP contribution in [0.4, 0.5) is 5.69 Å². The number of aliphatic hydroxyl groups excluding tert-OH is 1. The third kappa shape index (κ3) is 5.62. The molecule has 1 saturated heterocycles. The summed E-state index contributed by atoms with van der Waals surface area (Å²) in [5.74, 6) is 0.162. The lowest BCUT2D eigenvalue weighted by Crippen LogP contribution is -2.38. The van der Waals surface area contributed by atoms with E-state index in [0.717, 1.165) is 18.7 Å². The molecule has 1 aliphatic heterocycles. The molecule has 1 heterocycles. The number of carbonyl (C=O) groups is 1. The zero-order valence-corrected chi connectivity index (χ0v) is 17.6. The van der Waals surface area contributed by atoms with Crippen molar-refractivity contribution in [2.45, 2.75) is 18.6 Å². The van der Waals surface area contributed by atoms with Crippen LogP contribution in [-0.4, -0.2) is 48.8 Å². The first-order valence-electron chi connectivity index (χ1n) is 9.33. The Morgan fingerprint density at radius 2 is 2.10 bits per heavy atom. The van der Waals surface area contributed by atoms with Gasteiger partial charge in [-0.15, -0.1) is 11.6 Å². The van der Waals surface area contributed by atoms with Crippen molar-refractivity contribution in [3.63, 3.8) is 0 Å². The highest BCUT2D eigenvalue weighted by Gasteiger charge is 2.25. The monoisotopic (exact) mass is 438 g/mol. The fourth-order valence-corrected chi connectivity index (χ4v) is 3.21. The maximum absolute atomic E-state index is 12.6. The second kappa shape index (κ2) is 9.78. The molecule has 3 rings (SSSR count). The van der Waals surface area contributed by atoms with E-state index >= 15 is 0 Å². The Bertz CT molecular complexity index is 835. The number of aliphatic hydroxyl groups is 1. The summed E-state index contributed by atoms with van der Waals surface area (Å²) in [4.78, 5) is 12.6. The van der Waals surface area contributed by atoms with Crippen molar-refractivity contribution in [1.29, 1.82) is 0 Å². The lowest BCUT2D eigenvalue weighted by atomic mass is 10.1. The Balaban J connectivity index is 1.65. The van der Waals surface area contributed by atoms with Gasteiger partial charge in [0, 0.05) is 24.3 Å². The van der Waals surface area contributed by atoms with E-state index < -0.39 is 5.60 Å². The van der Waals surface area contributed by atoms with Crippen LogP contribution in [0.15, 0.2) is 42.5 Å². The first-order valence-corrected chi connectivity index (χ1v) is 10.2. The fraction of sp³-hybridized carbons (Fsp3) is 0.381. The number of alkyl halides is 1. The molecule has 0 spiro atoms. The Kier molecular flexibility index (Phi) is 7.38. The zero-order valence-electron chi connectivity index (χ0n) is 16.1. The third-order valence-electron chi connectivity index (χ3n) is 4.64. The number of anilines is 1. The number of morpholine rings is 1. The molecule has 0 aliphatic carbocycles. The minimum Gasteiger partial charge on any atom is -0.482 e. The van der Waals surface area contributed by atoms with Crippen LogP contribution in [0.3, 0.4) is 0 Å². The standard InChI is InChI=1S/C21H24Cl2N2O4/c1-21(12-22,13-26)29-18-7-4-15(10-17(18)23)20(27)25-16-5-2-14(3-6-16)19-11-24-8-9-28-19/h2-7,10,19,24,26H,8-9,11-13H2,1H3,(H,25,27). The summed E-state index contributed by atoms with van der Waals surface area (Å²) in [6.45, 7) is 3.74. The molecule has 1 amide bonds. The highest BCUT2D eigenvalue weighted by Crippen LogP contribution is 2.30. The molecule has 0 aromatic heterocycles. The number of hydrogen-bond donors (Lipinski definition) is 3. The molecule has 2 unspecified atom stereocenters. The molecule has 1 fully saturated rings. The lowest BCUT2D eigenvalue weighted by molar-refractivity contribution is 0.0277. The minimum absolute atomic E-state index is 0.0254. The van der Waals surface area contributed by atoms with Gasteiger partial charge in [0.25, 0.3) is 5.91 Å². The number of benzene rings is 2. The molecule has 0 bridgehead atoms. The Morgan fingerprint density at radius 1 is 1.34 bits per heavy atom. The zero-order chi connectivity index (χ0) is 20.9. The molecule has 2 aromatic rings. The second-order valence-electron chi connectivity index (χ2n) is 7.13. The van der Waals surface area contributed by atoms with Gasteiger partial charge in [0.2, 0.25) is 0 Å². The smallest absolute Gasteiger partial charge is 0.255 e.